The molecule has 206 valence electrons. The van der Waals surface area contributed by atoms with Crippen molar-refractivity contribution < 1.29 is 29.0 Å². The van der Waals surface area contributed by atoms with Crippen molar-refractivity contribution in [2.75, 3.05) is 65.7 Å². The van der Waals surface area contributed by atoms with Crippen LogP contribution in [-0.4, -0.2) is 119 Å². The molecule has 2 amide bonds. The molecule has 0 aromatic rings. The van der Waals surface area contributed by atoms with Gasteiger partial charge in [-0.15, -0.1) is 24.9 Å². The predicted octanol–water partition coefficient (Wildman–Crippen LogP) is 1.32. The first-order chi connectivity index (χ1) is 18.0. The lowest BCUT2D eigenvalue weighted by atomic mass is 9.71. The average molecular weight is 536 g/mol. The number of ether oxygens (including phenoxy) is 2. The van der Waals surface area contributed by atoms with Gasteiger partial charge in [-0.25, -0.2) is 0 Å². The van der Waals surface area contributed by atoms with Crippen LogP contribution in [0.2, 0.25) is 0 Å². The van der Waals surface area contributed by atoms with Crippen LogP contribution in [0.3, 0.4) is 0 Å². The minimum absolute atomic E-state index is 0.0127. The number of esters is 1. The summed E-state index contributed by atoms with van der Waals surface area (Å²) in [6, 6.07) is -0.630. The second-order valence-corrected chi connectivity index (χ2v) is 11.9. The molecule has 9 nitrogen and oxygen atoms in total. The number of morpholine rings is 1. The highest BCUT2D eigenvalue weighted by Gasteiger charge is 2.74. The van der Waals surface area contributed by atoms with Crippen molar-refractivity contribution >= 4 is 29.5 Å². The largest absolute Gasteiger partial charge is 0.465 e. The summed E-state index contributed by atoms with van der Waals surface area (Å²) in [4.78, 5) is 47.2. The van der Waals surface area contributed by atoms with Gasteiger partial charge in [0.15, 0.2) is 0 Å². The lowest BCUT2D eigenvalue weighted by Crippen LogP contribution is -2.56. The van der Waals surface area contributed by atoms with Gasteiger partial charge in [0.25, 0.3) is 0 Å². The van der Waals surface area contributed by atoms with E-state index in [4.69, 9.17) is 9.47 Å². The fourth-order valence-electron chi connectivity index (χ4n) is 6.38. The van der Waals surface area contributed by atoms with Crippen molar-refractivity contribution in [3.8, 4) is 0 Å². The number of rotatable bonds is 14. The zero-order valence-electron chi connectivity index (χ0n) is 21.7. The minimum Gasteiger partial charge on any atom is -0.465 e. The maximum atomic E-state index is 14.3. The van der Waals surface area contributed by atoms with Crippen LogP contribution in [0.15, 0.2) is 25.3 Å². The van der Waals surface area contributed by atoms with Crippen LogP contribution in [0.4, 0.5) is 0 Å². The molecule has 4 aliphatic rings. The van der Waals surface area contributed by atoms with Crippen molar-refractivity contribution in [1.82, 2.24) is 14.7 Å². The van der Waals surface area contributed by atoms with Gasteiger partial charge in [-0.3, -0.25) is 19.3 Å². The summed E-state index contributed by atoms with van der Waals surface area (Å²) in [6.45, 7) is 13.0. The van der Waals surface area contributed by atoms with E-state index in [-0.39, 0.29) is 36.2 Å². The number of fused-ring (bicyclic) bond motifs is 1. The van der Waals surface area contributed by atoms with Crippen molar-refractivity contribution in [3.05, 3.63) is 25.3 Å². The van der Waals surface area contributed by atoms with Crippen LogP contribution in [-0.2, 0) is 23.9 Å². The number of aliphatic hydroxyl groups is 1. The zero-order chi connectivity index (χ0) is 26.4. The molecule has 0 aliphatic carbocycles. The summed E-state index contributed by atoms with van der Waals surface area (Å²) in [6.07, 6.45) is 6.68. The van der Waals surface area contributed by atoms with E-state index in [2.05, 4.69) is 18.1 Å². The maximum absolute atomic E-state index is 14.3. The van der Waals surface area contributed by atoms with Gasteiger partial charge in [0.05, 0.1) is 36.4 Å². The summed E-state index contributed by atoms with van der Waals surface area (Å²) in [5.74, 6) is -1.61. The highest BCUT2D eigenvalue weighted by Crippen LogP contribution is 2.66. The summed E-state index contributed by atoms with van der Waals surface area (Å²) < 4.78 is 10.4. The fourth-order valence-corrected chi connectivity index (χ4v) is 8.58. The number of likely N-dealkylation sites (tertiary alicyclic amines) is 1. The second kappa shape index (κ2) is 12.8. The zero-order valence-corrected chi connectivity index (χ0v) is 22.5. The van der Waals surface area contributed by atoms with E-state index >= 15 is 0 Å². The first kappa shape index (κ1) is 28.1. The van der Waals surface area contributed by atoms with E-state index in [1.807, 2.05) is 4.90 Å². The Morgan fingerprint density at radius 1 is 1.22 bits per heavy atom. The molecule has 4 saturated heterocycles. The molecule has 4 aliphatic heterocycles. The van der Waals surface area contributed by atoms with Crippen LogP contribution in [0.5, 0.6) is 0 Å². The monoisotopic (exact) mass is 535 g/mol. The normalized spacial score (nSPS) is 30.8. The minimum atomic E-state index is -0.630. The molecule has 2 bridgehead atoms. The van der Waals surface area contributed by atoms with Gasteiger partial charge in [-0.2, -0.15) is 0 Å². The Hall–Kier alpha value is -1.88. The average Bonchev–Trinajstić information content (AvgIpc) is 3.54. The van der Waals surface area contributed by atoms with Crippen LogP contribution in [0.1, 0.15) is 32.1 Å². The Balaban J connectivity index is 1.58. The van der Waals surface area contributed by atoms with Crippen LogP contribution < -0.4 is 0 Å². The lowest BCUT2D eigenvalue weighted by Gasteiger charge is -2.38. The van der Waals surface area contributed by atoms with Gasteiger partial charge >= 0.3 is 5.97 Å². The molecule has 1 spiro atoms. The van der Waals surface area contributed by atoms with Crippen molar-refractivity contribution in [1.29, 1.82) is 0 Å². The van der Waals surface area contributed by atoms with E-state index in [0.29, 0.717) is 52.1 Å². The SMILES string of the molecule is C=CCCOC(=O)[C@@H]1[C@@H]2CCC3(S2)C(C(=O)N(CC=C)CCN2CCOCC2)N(CCCCO)C(=O)[C@H]13. The molecule has 10 heteroatoms. The Morgan fingerprint density at radius 2 is 2.00 bits per heavy atom. The molecule has 4 fully saturated rings. The molecule has 4 rings (SSSR count). The Kier molecular flexibility index (Phi) is 9.72. The van der Waals surface area contributed by atoms with E-state index in [9.17, 15) is 19.5 Å². The number of nitrogens with zero attached hydrogens (tertiary/aromatic N) is 3. The Morgan fingerprint density at radius 3 is 2.70 bits per heavy atom. The standard InChI is InChI=1S/C27H41N3O6S/c1-3-5-17-36-26(34)21-20-8-9-27(37-20)22(21)24(32)30(11-6-7-16-31)23(27)25(33)29(10-4-2)13-12-28-14-18-35-19-15-28/h3-4,20-23,31H,1-2,5-19H2/t20-,21+,22-,23?,27?/m0/s1. The number of unbranched alkanes of at least 4 members (excludes halogenated alkanes) is 1. The van der Waals surface area contributed by atoms with Gasteiger partial charge in [0, 0.05) is 51.1 Å². The van der Waals surface area contributed by atoms with E-state index in [1.54, 1.807) is 28.8 Å². The summed E-state index contributed by atoms with van der Waals surface area (Å²) in [7, 11) is 0. The van der Waals surface area contributed by atoms with Gasteiger partial charge in [0.1, 0.15) is 6.04 Å². The molecule has 0 aromatic carbocycles. The van der Waals surface area contributed by atoms with Gasteiger partial charge in [0.2, 0.25) is 11.8 Å². The van der Waals surface area contributed by atoms with E-state index in [0.717, 1.165) is 32.5 Å². The number of thioether (sulfide) groups is 1. The third-order valence-electron chi connectivity index (χ3n) is 8.13. The van der Waals surface area contributed by atoms with Crippen LogP contribution >= 0.6 is 11.8 Å². The molecule has 0 aromatic heterocycles. The highest BCUT2D eigenvalue weighted by molar-refractivity contribution is 8.02. The van der Waals surface area contributed by atoms with Gasteiger partial charge < -0.3 is 24.4 Å². The van der Waals surface area contributed by atoms with Gasteiger partial charge in [-0.1, -0.05) is 12.2 Å². The molecule has 0 radical (unpaired) electrons. The first-order valence-electron chi connectivity index (χ1n) is 13.5. The number of aliphatic hydroxyl groups excluding tert-OH is 1. The van der Waals surface area contributed by atoms with Gasteiger partial charge in [-0.05, 0) is 32.1 Å². The molecular formula is C27H41N3O6S. The van der Waals surface area contributed by atoms with Crippen LogP contribution in [0, 0.1) is 11.8 Å². The maximum Gasteiger partial charge on any atom is 0.310 e. The molecule has 2 unspecified atom stereocenters. The molecule has 5 atom stereocenters. The van der Waals surface area contributed by atoms with Crippen molar-refractivity contribution in [2.24, 2.45) is 11.8 Å². The Bertz CT molecular complexity index is 865. The first-order valence-corrected chi connectivity index (χ1v) is 14.4. The number of carbonyl (C=O) groups is 3. The molecule has 37 heavy (non-hydrogen) atoms. The van der Waals surface area contributed by atoms with Crippen molar-refractivity contribution in [3.63, 3.8) is 0 Å². The smallest absolute Gasteiger partial charge is 0.310 e. The fraction of sp³-hybridized carbons (Fsp3) is 0.741. The summed E-state index contributed by atoms with van der Waals surface area (Å²) in [5, 5.41) is 9.33. The summed E-state index contributed by atoms with van der Waals surface area (Å²) >= 11 is 1.66. The predicted molar refractivity (Wildman–Crippen MR) is 142 cm³/mol. The number of hydrogen-bond donors (Lipinski definition) is 1. The lowest BCUT2D eigenvalue weighted by molar-refractivity contribution is -0.154. The topological polar surface area (TPSA) is 99.6 Å². The highest BCUT2D eigenvalue weighted by atomic mass is 32.2. The number of amides is 2. The van der Waals surface area contributed by atoms with Crippen LogP contribution in [0.25, 0.3) is 0 Å². The third kappa shape index (κ3) is 5.62. The second-order valence-electron chi connectivity index (χ2n) is 10.3. The molecule has 0 saturated carbocycles. The third-order valence-corrected chi connectivity index (χ3v) is 10.1. The summed E-state index contributed by atoms with van der Waals surface area (Å²) in [5.41, 5.74) is 0. The van der Waals surface area contributed by atoms with E-state index in [1.165, 1.54) is 0 Å². The van der Waals surface area contributed by atoms with Crippen molar-refractivity contribution in [2.45, 2.75) is 48.1 Å². The number of carbonyl (C=O) groups excluding carboxylic acids is 3. The molecular weight excluding hydrogens is 494 g/mol. The number of hydrogen-bond acceptors (Lipinski definition) is 8. The quantitative estimate of drug-likeness (QED) is 0.202. The molecule has 4 heterocycles. The molecule has 1 N–H and O–H groups in total. The van der Waals surface area contributed by atoms with E-state index < -0.39 is 22.6 Å². The Labute approximate surface area is 224 Å².